The predicted octanol–water partition coefficient (Wildman–Crippen LogP) is 1.68. The van der Waals surface area contributed by atoms with Crippen molar-refractivity contribution in [3.8, 4) is 6.07 Å². The Morgan fingerprint density at radius 2 is 2.25 bits per heavy atom. The minimum Gasteiger partial charge on any atom is -0.313 e. The van der Waals surface area contributed by atoms with Crippen molar-refractivity contribution in [2.75, 3.05) is 6.54 Å². The zero-order valence-electron chi connectivity index (χ0n) is 7.42. The largest absolute Gasteiger partial charge is 0.313 e. The van der Waals surface area contributed by atoms with Crippen LogP contribution in [0.15, 0.2) is 0 Å². The second-order valence-corrected chi connectivity index (χ2v) is 4.06. The second-order valence-electron chi connectivity index (χ2n) is 4.06. The molecule has 0 aromatic carbocycles. The van der Waals surface area contributed by atoms with Crippen LogP contribution < -0.4 is 5.32 Å². The van der Waals surface area contributed by atoms with E-state index in [2.05, 4.69) is 11.4 Å². The molecule has 2 heteroatoms. The smallest absolute Gasteiger partial charge is 0.0635 e. The Hall–Kier alpha value is -0.550. The van der Waals surface area contributed by atoms with Crippen molar-refractivity contribution in [3.63, 3.8) is 0 Å². The monoisotopic (exact) mass is 164 g/mol. The number of hydrogen-bond acceptors (Lipinski definition) is 2. The summed E-state index contributed by atoms with van der Waals surface area (Å²) in [6, 6.07) is 2.93. The molecule has 0 aliphatic heterocycles. The van der Waals surface area contributed by atoms with Crippen LogP contribution in [0.2, 0.25) is 0 Å². The maximum Gasteiger partial charge on any atom is 0.0635 e. The molecule has 2 nitrogen and oxygen atoms in total. The molecule has 0 saturated heterocycles. The topological polar surface area (TPSA) is 35.8 Å². The van der Waals surface area contributed by atoms with Crippen LogP contribution in [0.4, 0.5) is 0 Å². The molecular formula is C10H16N2. The van der Waals surface area contributed by atoms with Gasteiger partial charge in [-0.05, 0) is 18.3 Å². The summed E-state index contributed by atoms with van der Waals surface area (Å²) in [6.45, 7) is 0.893. The van der Waals surface area contributed by atoms with Gasteiger partial charge in [0.1, 0.15) is 0 Å². The van der Waals surface area contributed by atoms with Crippen molar-refractivity contribution in [1.82, 2.24) is 5.32 Å². The van der Waals surface area contributed by atoms with Crippen LogP contribution in [0.5, 0.6) is 0 Å². The molecule has 2 rings (SSSR count). The van der Waals surface area contributed by atoms with Crippen LogP contribution in [0.1, 0.15) is 32.1 Å². The Balaban J connectivity index is 1.58. The molecule has 2 atom stereocenters. The van der Waals surface area contributed by atoms with Crippen LogP contribution in [0, 0.1) is 23.2 Å². The van der Waals surface area contributed by atoms with Crippen molar-refractivity contribution >= 4 is 0 Å². The van der Waals surface area contributed by atoms with Gasteiger partial charge in [-0.15, -0.1) is 0 Å². The van der Waals surface area contributed by atoms with Crippen molar-refractivity contribution in [2.24, 2.45) is 11.8 Å². The normalized spacial score (nSPS) is 33.9. The van der Waals surface area contributed by atoms with E-state index in [-0.39, 0.29) is 0 Å². The van der Waals surface area contributed by atoms with Gasteiger partial charge in [-0.25, -0.2) is 0 Å². The van der Waals surface area contributed by atoms with Crippen molar-refractivity contribution in [2.45, 2.75) is 38.1 Å². The summed E-state index contributed by atoms with van der Waals surface area (Å²) in [5.41, 5.74) is 0. The average Bonchev–Trinajstić information content (AvgIpc) is 2.66. The van der Waals surface area contributed by atoms with Gasteiger partial charge in [0, 0.05) is 19.0 Å². The number of nitrogens with zero attached hydrogens (tertiary/aromatic N) is 1. The van der Waals surface area contributed by atoms with E-state index >= 15 is 0 Å². The molecule has 0 bridgehead atoms. The summed E-state index contributed by atoms with van der Waals surface area (Å²) in [4.78, 5) is 0. The van der Waals surface area contributed by atoms with Crippen LogP contribution in [0.3, 0.4) is 0 Å². The van der Waals surface area contributed by atoms with Crippen molar-refractivity contribution < 1.29 is 0 Å². The molecule has 2 unspecified atom stereocenters. The van der Waals surface area contributed by atoms with Crippen LogP contribution >= 0.6 is 0 Å². The highest BCUT2D eigenvalue weighted by molar-refractivity contribution is 4.99. The highest BCUT2D eigenvalue weighted by Gasteiger charge is 2.44. The Labute approximate surface area is 74.0 Å². The molecule has 2 aliphatic rings. The fourth-order valence-electron chi connectivity index (χ4n) is 2.15. The van der Waals surface area contributed by atoms with E-state index in [1.54, 1.807) is 0 Å². The van der Waals surface area contributed by atoms with Gasteiger partial charge in [0.25, 0.3) is 0 Å². The van der Waals surface area contributed by atoms with Gasteiger partial charge in [-0.1, -0.05) is 19.3 Å². The molecule has 12 heavy (non-hydrogen) atoms. The zero-order chi connectivity index (χ0) is 8.39. The molecule has 0 radical (unpaired) electrons. The third-order valence-electron chi connectivity index (χ3n) is 3.24. The highest BCUT2D eigenvalue weighted by atomic mass is 15.0. The molecule has 1 N–H and O–H groups in total. The van der Waals surface area contributed by atoms with E-state index in [1.165, 1.54) is 25.7 Å². The lowest BCUT2D eigenvalue weighted by molar-refractivity contribution is 0.269. The molecule has 0 spiro atoms. The molecular weight excluding hydrogens is 148 g/mol. The van der Waals surface area contributed by atoms with Crippen molar-refractivity contribution in [1.29, 1.82) is 5.26 Å². The van der Waals surface area contributed by atoms with E-state index < -0.39 is 0 Å². The van der Waals surface area contributed by atoms with Crippen LogP contribution in [-0.2, 0) is 0 Å². The number of nitriles is 1. The lowest BCUT2D eigenvalue weighted by atomic mass is 9.81. The molecule has 0 amide bonds. The fourth-order valence-corrected chi connectivity index (χ4v) is 2.15. The first-order valence-corrected chi connectivity index (χ1v) is 5.02. The summed E-state index contributed by atoms with van der Waals surface area (Å²) in [5.74, 6) is 2.00. The third-order valence-corrected chi connectivity index (χ3v) is 3.24. The fraction of sp³-hybridized carbons (Fsp3) is 0.900. The summed E-state index contributed by atoms with van der Waals surface area (Å²) in [7, 11) is 0. The van der Waals surface area contributed by atoms with E-state index in [0.717, 1.165) is 24.4 Å². The lowest BCUT2D eigenvalue weighted by Gasteiger charge is -2.25. The summed E-state index contributed by atoms with van der Waals surface area (Å²) >= 11 is 0. The zero-order valence-corrected chi connectivity index (χ0v) is 7.42. The van der Waals surface area contributed by atoms with Gasteiger partial charge < -0.3 is 5.32 Å². The molecule has 0 aromatic rings. The number of rotatable bonds is 4. The molecule has 0 heterocycles. The van der Waals surface area contributed by atoms with Gasteiger partial charge in [0.05, 0.1) is 6.07 Å². The first-order chi connectivity index (χ1) is 5.92. The first kappa shape index (κ1) is 8.07. The standard InChI is InChI=1S/C10H16N2/c11-5-2-6-12-10-7-9(10)8-3-1-4-8/h8-10,12H,1-4,6-7H2. The Morgan fingerprint density at radius 3 is 2.83 bits per heavy atom. The Bertz CT molecular complexity index is 191. The first-order valence-electron chi connectivity index (χ1n) is 5.02. The van der Waals surface area contributed by atoms with Gasteiger partial charge in [-0.3, -0.25) is 0 Å². The third kappa shape index (κ3) is 1.61. The summed E-state index contributed by atoms with van der Waals surface area (Å²) in [6.07, 6.45) is 6.40. The van der Waals surface area contributed by atoms with Crippen LogP contribution in [-0.4, -0.2) is 12.6 Å². The predicted molar refractivity (Wildman–Crippen MR) is 47.5 cm³/mol. The van der Waals surface area contributed by atoms with E-state index in [9.17, 15) is 0 Å². The number of hydrogen-bond donors (Lipinski definition) is 1. The maximum absolute atomic E-state index is 8.34. The van der Waals surface area contributed by atoms with Gasteiger partial charge in [0.15, 0.2) is 0 Å². The minimum atomic E-state index is 0.661. The maximum atomic E-state index is 8.34. The minimum absolute atomic E-state index is 0.661. The van der Waals surface area contributed by atoms with Crippen molar-refractivity contribution in [3.05, 3.63) is 0 Å². The lowest BCUT2D eigenvalue weighted by Crippen LogP contribution is -2.23. The SMILES string of the molecule is N#CCCNC1CC1C1CCC1. The average molecular weight is 164 g/mol. The molecule has 2 saturated carbocycles. The van der Waals surface area contributed by atoms with Gasteiger partial charge in [0.2, 0.25) is 0 Å². The number of nitrogens with one attached hydrogen (secondary N) is 1. The van der Waals surface area contributed by atoms with E-state index in [4.69, 9.17) is 5.26 Å². The summed E-state index contributed by atoms with van der Waals surface area (Å²) < 4.78 is 0. The highest BCUT2D eigenvalue weighted by Crippen LogP contribution is 2.46. The molecule has 2 fully saturated rings. The van der Waals surface area contributed by atoms with Gasteiger partial charge >= 0.3 is 0 Å². The Kier molecular flexibility index (Phi) is 2.32. The second kappa shape index (κ2) is 3.45. The quantitative estimate of drug-likeness (QED) is 0.642. The molecule has 66 valence electrons. The molecule has 2 aliphatic carbocycles. The van der Waals surface area contributed by atoms with E-state index in [1.807, 2.05) is 0 Å². The Morgan fingerprint density at radius 1 is 1.42 bits per heavy atom. The summed E-state index contributed by atoms with van der Waals surface area (Å²) in [5, 5.41) is 11.8. The van der Waals surface area contributed by atoms with E-state index in [0.29, 0.717) is 6.42 Å². The van der Waals surface area contributed by atoms with Crippen LogP contribution in [0.25, 0.3) is 0 Å². The van der Waals surface area contributed by atoms with Gasteiger partial charge in [-0.2, -0.15) is 5.26 Å². The molecule has 0 aromatic heterocycles.